The Morgan fingerprint density at radius 2 is 1.60 bits per heavy atom. The molecule has 1 aliphatic carbocycles. The number of rotatable bonds is 9. The molecule has 0 radical (unpaired) electrons. The van der Waals surface area contributed by atoms with Crippen LogP contribution in [0.4, 0.5) is 11.4 Å². The monoisotopic (exact) mass is 697 g/mol. The number of thiazole rings is 1. The quantitative estimate of drug-likeness (QED) is 0.116. The minimum atomic E-state index is -0.198. The summed E-state index contributed by atoms with van der Waals surface area (Å²) in [4.78, 5) is 51.3. The van der Waals surface area contributed by atoms with Crippen LogP contribution in [0.15, 0.2) is 81.0 Å². The summed E-state index contributed by atoms with van der Waals surface area (Å²) in [6, 6.07) is 21.0. The maximum Gasteiger partial charge on any atom is 0.267 e. The molecule has 238 valence electrons. The van der Waals surface area contributed by atoms with E-state index >= 15 is 0 Å². The molecule has 3 aromatic carbocycles. The van der Waals surface area contributed by atoms with Crippen molar-refractivity contribution >= 4 is 89.8 Å². The van der Waals surface area contributed by atoms with Gasteiger partial charge in [-0.25, -0.2) is 9.97 Å². The van der Waals surface area contributed by atoms with Gasteiger partial charge in [0, 0.05) is 16.3 Å². The van der Waals surface area contributed by atoms with Crippen molar-refractivity contribution in [3.05, 3.63) is 98.7 Å². The summed E-state index contributed by atoms with van der Waals surface area (Å²) in [5, 5.41) is 7.23. The lowest BCUT2D eigenvalue weighted by atomic mass is 9.97. The van der Waals surface area contributed by atoms with E-state index in [9.17, 15) is 14.4 Å². The maximum absolute atomic E-state index is 13.9. The summed E-state index contributed by atoms with van der Waals surface area (Å²) >= 11 is 5.75. The second-order valence-corrected chi connectivity index (χ2v) is 15.6. The van der Waals surface area contributed by atoms with Crippen molar-refractivity contribution < 1.29 is 9.59 Å². The first-order chi connectivity index (χ1) is 22.8. The summed E-state index contributed by atoms with van der Waals surface area (Å²) in [6.45, 7) is 3.96. The largest absolute Gasteiger partial charge is 0.325 e. The molecule has 8 nitrogen and oxygen atoms in total. The Kier molecular flexibility index (Phi) is 9.17. The van der Waals surface area contributed by atoms with Crippen LogP contribution in [-0.2, 0) is 22.4 Å². The zero-order chi connectivity index (χ0) is 32.5. The zero-order valence-electron chi connectivity index (χ0n) is 25.8. The molecule has 0 saturated carbocycles. The highest BCUT2D eigenvalue weighted by molar-refractivity contribution is 8.01. The minimum Gasteiger partial charge on any atom is -0.325 e. The third kappa shape index (κ3) is 6.73. The lowest BCUT2D eigenvalue weighted by molar-refractivity contribution is -0.114. The highest BCUT2D eigenvalue weighted by atomic mass is 32.2. The second kappa shape index (κ2) is 13.6. The molecule has 6 aromatic rings. The summed E-state index contributed by atoms with van der Waals surface area (Å²) < 4.78 is 3.35. The number of carbonyl (C=O) groups excluding carboxylic acids is 2. The first-order valence-electron chi connectivity index (χ1n) is 15.3. The number of nitrogens with zero attached hydrogens (tertiary/aromatic N) is 3. The van der Waals surface area contributed by atoms with E-state index < -0.39 is 0 Å². The molecule has 0 bridgehead atoms. The Labute approximate surface area is 288 Å². The Balaban J connectivity index is 1.04. The van der Waals surface area contributed by atoms with Crippen LogP contribution in [0, 0.1) is 13.8 Å². The number of fused-ring (bicyclic) bond motifs is 4. The molecule has 1 aliphatic rings. The molecule has 2 amide bonds. The molecule has 0 fully saturated rings. The van der Waals surface area contributed by atoms with Crippen molar-refractivity contribution in [2.75, 3.05) is 22.1 Å². The van der Waals surface area contributed by atoms with Gasteiger partial charge in [0.1, 0.15) is 4.83 Å². The maximum atomic E-state index is 13.9. The predicted molar refractivity (Wildman–Crippen MR) is 196 cm³/mol. The first-order valence-corrected chi connectivity index (χ1v) is 18.9. The number of carbonyl (C=O) groups is 2. The standard InChI is InChI=1S/C35H31N5O3S4/c1-20-9-8-10-21(2)31(20)38-29(42)19-45-35-37-25-16-15-22(17-27(25)47-35)36-28(41)18-44-34-39-32-30(24-13-6-7-14-26(24)46-32)33(43)40(34)23-11-4-3-5-12-23/h3-5,8-12,15-17H,6-7,13-14,18-19H2,1-2H3,(H,36,41)(H,38,42). The van der Waals surface area contributed by atoms with Gasteiger partial charge in [-0.3, -0.25) is 19.0 Å². The number of hydrogen-bond donors (Lipinski definition) is 2. The van der Waals surface area contributed by atoms with Gasteiger partial charge in [-0.2, -0.15) is 0 Å². The summed E-state index contributed by atoms with van der Waals surface area (Å²) in [5.74, 6) is 0.0574. The number of amides is 2. The molecule has 0 atom stereocenters. The number of thioether (sulfide) groups is 2. The zero-order valence-corrected chi connectivity index (χ0v) is 29.1. The number of anilines is 2. The number of hydrogen-bond acceptors (Lipinski definition) is 9. The van der Waals surface area contributed by atoms with E-state index in [2.05, 4.69) is 15.6 Å². The van der Waals surface area contributed by atoms with Crippen LogP contribution in [0.1, 0.15) is 34.4 Å². The molecular weight excluding hydrogens is 667 g/mol. The molecule has 7 rings (SSSR count). The Hall–Kier alpha value is -3.97. The van der Waals surface area contributed by atoms with Crippen LogP contribution < -0.4 is 16.2 Å². The van der Waals surface area contributed by atoms with Crippen LogP contribution >= 0.6 is 46.2 Å². The number of nitrogens with one attached hydrogen (secondary N) is 2. The molecule has 0 spiro atoms. The fraction of sp³-hybridized carbons (Fsp3) is 0.229. The topological polar surface area (TPSA) is 106 Å². The van der Waals surface area contributed by atoms with Gasteiger partial charge in [-0.1, -0.05) is 59.9 Å². The van der Waals surface area contributed by atoms with Gasteiger partial charge in [-0.05, 0) is 86.6 Å². The molecular formula is C35H31N5O3S4. The number of para-hydroxylation sites is 2. The predicted octanol–water partition coefficient (Wildman–Crippen LogP) is 8.01. The fourth-order valence-corrected chi connectivity index (χ4v) is 9.80. The highest BCUT2D eigenvalue weighted by Crippen LogP contribution is 2.36. The average Bonchev–Trinajstić information content (AvgIpc) is 3.66. The van der Waals surface area contributed by atoms with E-state index in [0.29, 0.717) is 10.8 Å². The molecule has 12 heteroatoms. The summed E-state index contributed by atoms with van der Waals surface area (Å²) in [7, 11) is 0. The molecule has 0 saturated heterocycles. The van der Waals surface area contributed by atoms with E-state index in [0.717, 1.165) is 78.5 Å². The number of benzene rings is 3. The number of aromatic nitrogens is 3. The SMILES string of the molecule is Cc1cccc(C)c1NC(=O)CSc1nc2ccc(NC(=O)CSc3nc4sc5c(c4c(=O)n3-c3ccccc3)CCCC5)cc2s1. The van der Waals surface area contributed by atoms with Crippen molar-refractivity contribution in [1.29, 1.82) is 0 Å². The van der Waals surface area contributed by atoms with E-state index in [1.807, 2.05) is 80.6 Å². The smallest absolute Gasteiger partial charge is 0.267 e. The molecule has 0 unspecified atom stereocenters. The van der Waals surface area contributed by atoms with Gasteiger partial charge in [0.25, 0.3) is 5.56 Å². The molecule has 2 N–H and O–H groups in total. The lowest BCUT2D eigenvalue weighted by Crippen LogP contribution is -2.23. The third-order valence-corrected chi connectivity index (χ3v) is 12.3. The molecule has 0 aliphatic heterocycles. The van der Waals surface area contributed by atoms with Gasteiger partial charge in [0.05, 0.1) is 32.8 Å². The van der Waals surface area contributed by atoms with E-state index in [4.69, 9.17) is 4.98 Å². The van der Waals surface area contributed by atoms with Gasteiger partial charge in [-0.15, -0.1) is 22.7 Å². The van der Waals surface area contributed by atoms with Crippen LogP contribution in [0.5, 0.6) is 0 Å². The van der Waals surface area contributed by atoms with Gasteiger partial charge < -0.3 is 10.6 Å². The van der Waals surface area contributed by atoms with Crippen LogP contribution in [0.25, 0.3) is 26.1 Å². The van der Waals surface area contributed by atoms with Crippen molar-refractivity contribution in [3.63, 3.8) is 0 Å². The van der Waals surface area contributed by atoms with Gasteiger partial charge >= 0.3 is 0 Å². The molecule has 3 aromatic heterocycles. The normalized spacial score (nSPS) is 12.7. The van der Waals surface area contributed by atoms with Crippen LogP contribution in [0.3, 0.4) is 0 Å². The van der Waals surface area contributed by atoms with E-state index in [1.165, 1.54) is 39.7 Å². The van der Waals surface area contributed by atoms with Crippen molar-refractivity contribution in [2.24, 2.45) is 0 Å². The average molecular weight is 698 g/mol. The van der Waals surface area contributed by atoms with E-state index in [1.54, 1.807) is 15.9 Å². The van der Waals surface area contributed by atoms with Crippen molar-refractivity contribution in [2.45, 2.75) is 49.0 Å². The van der Waals surface area contributed by atoms with Crippen molar-refractivity contribution in [1.82, 2.24) is 14.5 Å². The summed E-state index contributed by atoms with van der Waals surface area (Å²) in [5.41, 5.74) is 6.18. The highest BCUT2D eigenvalue weighted by Gasteiger charge is 2.23. The Morgan fingerprint density at radius 3 is 2.40 bits per heavy atom. The lowest BCUT2D eigenvalue weighted by Gasteiger charge is -2.13. The van der Waals surface area contributed by atoms with Gasteiger partial charge in [0.15, 0.2) is 9.50 Å². The molecule has 47 heavy (non-hydrogen) atoms. The number of aryl methyl sites for hydroxylation is 4. The van der Waals surface area contributed by atoms with Crippen LogP contribution in [-0.4, -0.2) is 37.9 Å². The first kappa shape index (κ1) is 31.6. The third-order valence-electron chi connectivity index (χ3n) is 8.03. The summed E-state index contributed by atoms with van der Waals surface area (Å²) in [6.07, 6.45) is 4.11. The van der Waals surface area contributed by atoms with Crippen molar-refractivity contribution in [3.8, 4) is 5.69 Å². The Bertz CT molecular complexity index is 2190. The van der Waals surface area contributed by atoms with E-state index in [-0.39, 0.29) is 28.9 Å². The molecule has 3 heterocycles. The fourth-order valence-electron chi connectivity index (χ4n) is 5.77. The number of thiophene rings is 1. The van der Waals surface area contributed by atoms with Gasteiger partial charge in [0.2, 0.25) is 11.8 Å². The minimum absolute atomic E-state index is 0.0735. The Morgan fingerprint density at radius 1 is 0.851 bits per heavy atom. The van der Waals surface area contributed by atoms with Crippen LogP contribution in [0.2, 0.25) is 0 Å². The second-order valence-electron chi connectivity index (χ2n) is 11.4.